The SMILES string of the molecule is CC[C@H](C)CC(=O)N[C@@H](CCCCN)C(=O)N[C@@H](CCCCN)C(=O)N[C@@H](C)C(=O)N[C@@H](CC(N)=O)C(=O)N[C@@H](C)C(=O)O. The van der Waals surface area contributed by atoms with Crippen LogP contribution < -0.4 is 43.8 Å². The van der Waals surface area contributed by atoms with Crippen molar-refractivity contribution in [3.8, 4) is 0 Å². The van der Waals surface area contributed by atoms with Gasteiger partial charge in [-0.15, -0.1) is 0 Å². The second-order valence-corrected chi connectivity index (χ2v) is 11.0. The molecule has 6 atom stereocenters. The van der Waals surface area contributed by atoms with E-state index in [1.54, 1.807) is 0 Å². The topological polar surface area (TPSA) is 278 Å². The van der Waals surface area contributed by atoms with Gasteiger partial charge in [-0.05, 0) is 71.4 Å². The van der Waals surface area contributed by atoms with E-state index < -0.39 is 72.1 Å². The second kappa shape index (κ2) is 21.8. The van der Waals surface area contributed by atoms with E-state index in [4.69, 9.17) is 22.3 Å². The molecule has 12 N–H and O–H groups in total. The van der Waals surface area contributed by atoms with Crippen molar-refractivity contribution in [3.05, 3.63) is 0 Å². The molecule has 0 rings (SSSR count). The molecule has 0 aromatic rings. The highest BCUT2D eigenvalue weighted by Gasteiger charge is 2.31. The van der Waals surface area contributed by atoms with E-state index in [1.165, 1.54) is 13.8 Å². The summed E-state index contributed by atoms with van der Waals surface area (Å²) in [6, 6.07) is -6.00. The molecule has 0 spiro atoms. The molecule has 0 aliphatic rings. The molecule has 0 unspecified atom stereocenters. The predicted molar refractivity (Wildman–Crippen MR) is 162 cm³/mol. The molecule has 0 heterocycles. The number of carboxylic acid groups (broad SMARTS) is 1. The summed E-state index contributed by atoms with van der Waals surface area (Å²) in [4.78, 5) is 87.0. The van der Waals surface area contributed by atoms with Gasteiger partial charge in [-0.3, -0.25) is 33.6 Å². The summed E-state index contributed by atoms with van der Waals surface area (Å²) in [7, 11) is 0. The van der Waals surface area contributed by atoms with E-state index in [9.17, 15) is 33.6 Å². The number of carboxylic acids is 1. The predicted octanol–water partition coefficient (Wildman–Crippen LogP) is -1.90. The van der Waals surface area contributed by atoms with Crippen LogP contribution in [0.2, 0.25) is 0 Å². The smallest absolute Gasteiger partial charge is 0.325 e. The Hall–Kier alpha value is -3.79. The van der Waals surface area contributed by atoms with Gasteiger partial charge < -0.3 is 48.9 Å². The molecular formula is C28H52N8O8. The monoisotopic (exact) mass is 628 g/mol. The maximum absolute atomic E-state index is 13.3. The first-order chi connectivity index (χ1) is 20.7. The lowest BCUT2D eigenvalue weighted by molar-refractivity contribution is -0.142. The molecule has 0 aromatic heterocycles. The number of carbonyl (C=O) groups excluding carboxylic acids is 6. The van der Waals surface area contributed by atoms with Crippen LogP contribution in [0, 0.1) is 5.92 Å². The van der Waals surface area contributed by atoms with Crippen LogP contribution in [0.25, 0.3) is 0 Å². The van der Waals surface area contributed by atoms with Gasteiger partial charge in [0.15, 0.2) is 0 Å². The first-order valence-electron chi connectivity index (χ1n) is 15.1. The van der Waals surface area contributed by atoms with Gasteiger partial charge in [-0.25, -0.2) is 0 Å². The molecule has 0 fully saturated rings. The minimum atomic E-state index is -1.49. The lowest BCUT2D eigenvalue weighted by atomic mass is 10.0. The van der Waals surface area contributed by atoms with Crippen LogP contribution in [0.15, 0.2) is 0 Å². The van der Waals surface area contributed by atoms with Crippen LogP contribution in [-0.2, 0) is 33.6 Å². The highest BCUT2D eigenvalue weighted by atomic mass is 16.4. The average molecular weight is 629 g/mol. The molecule has 6 amide bonds. The minimum Gasteiger partial charge on any atom is -0.480 e. The van der Waals surface area contributed by atoms with Crippen molar-refractivity contribution in [1.82, 2.24) is 26.6 Å². The number of rotatable bonds is 23. The summed E-state index contributed by atoms with van der Waals surface area (Å²) in [5.74, 6) is -5.48. The highest BCUT2D eigenvalue weighted by molar-refractivity contribution is 5.97. The van der Waals surface area contributed by atoms with Gasteiger partial charge in [0.05, 0.1) is 6.42 Å². The molecule has 0 aromatic carbocycles. The van der Waals surface area contributed by atoms with E-state index in [0.717, 1.165) is 6.42 Å². The number of carbonyl (C=O) groups is 7. The molecule has 0 aliphatic heterocycles. The number of unbranched alkanes of at least 4 members (excludes halogenated alkanes) is 2. The minimum absolute atomic E-state index is 0.124. The van der Waals surface area contributed by atoms with Gasteiger partial charge in [0.2, 0.25) is 35.4 Å². The van der Waals surface area contributed by atoms with Crippen molar-refractivity contribution in [1.29, 1.82) is 0 Å². The second-order valence-electron chi connectivity index (χ2n) is 11.0. The van der Waals surface area contributed by atoms with E-state index in [-0.39, 0.29) is 24.7 Å². The summed E-state index contributed by atoms with van der Waals surface area (Å²) in [5, 5.41) is 21.4. The largest absolute Gasteiger partial charge is 0.480 e. The normalized spacial score (nSPS) is 15.0. The third kappa shape index (κ3) is 16.7. The van der Waals surface area contributed by atoms with Gasteiger partial charge in [-0.2, -0.15) is 0 Å². The third-order valence-corrected chi connectivity index (χ3v) is 6.93. The molecular weight excluding hydrogens is 576 g/mol. The quantitative estimate of drug-likeness (QED) is 0.0567. The fraction of sp³-hybridized carbons (Fsp3) is 0.750. The number of primary amides is 1. The van der Waals surface area contributed by atoms with E-state index in [0.29, 0.717) is 45.2 Å². The van der Waals surface area contributed by atoms with Gasteiger partial charge in [-0.1, -0.05) is 20.3 Å². The van der Waals surface area contributed by atoms with Crippen molar-refractivity contribution in [2.24, 2.45) is 23.1 Å². The number of nitrogens with two attached hydrogens (primary N) is 3. The Morgan fingerprint density at radius 1 is 0.614 bits per heavy atom. The molecule has 0 saturated carbocycles. The third-order valence-electron chi connectivity index (χ3n) is 6.93. The van der Waals surface area contributed by atoms with Crippen molar-refractivity contribution in [2.75, 3.05) is 13.1 Å². The average Bonchev–Trinajstić information content (AvgIpc) is 2.95. The van der Waals surface area contributed by atoms with Gasteiger partial charge in [0.1, 0.15) is 30.2 Å². The van der Waals surface area contributed by atoms with Gasteiger partial charge in [0, 0.05) is 6.42 Å². The van der Waals surface area contributed by atoms with Crippen LogP contribution >= 0.6 is 0 Å². The van der Waals surface area contributed by atoms with E-state index >= 15 is 0 Å². The zero-order valence-corrected chi connectivity index (χ0v) is 26.3. The number of hydrogen-bond acceptors (Lipinski definition) is 9. The maximum atomic E-state index is 13.3. The Kier molecular flexibility index (Phi) is 19.9. The lowest BCUT2D eigenvalue weighted by Gasteiger charge is -2.25. The van der Waals surface area contributed by atoms with Crippen LogP contribution in [0.5, 0.6) is 0 Å². The number of nitrogens with one attached hydrogen (secondary N) is 5. The van der Waals surface area contributed by atoms with Gasteiger partial charge >= 0.3 is 5.97 Å². The van der Waals surface area contributed by atoms with Crippen LogP contribution in [0.4, 0.5) is 0 Å². The first kappa shape index (κ1) is 40.2. The Labute approximate surface area is 258 Å². The molecule has 0 bridgehead atoms. The molecule has 16 heteroatoms. The Balaban J connectivity index is 5.66. The molecule has 0 saturated heterocycles. The lowest BCUT2D eigenvalue weighted by Crippen LogP contribution is -2.58. The number of hydrogen-bond donors (Lipinski definition) is 9. The summed E-state index contributed by atoms with van der Waals surface area (Å²) >= 11 is 0. The summed E-state index contributed by atoms with van der Waals surface area (Å²) < 4.78 is 0. The Morgan fingerprint density at radius 3 is 1.55 bits per heavy atom. The summed E-state index contributed by atoms with van der Waals surface area (Å²) in [6.07, 6.45) is 3.20. The first-order valence-corrected chi connectivity index (χ1v) is 15.1. The van der Waals surface area contributed by atoms with Crippen molar-refractivity contribution in [2.45, 2.75) is 116 Å². The van der Waals surface area contributed by atoms with Crippen LogP contribution in [0.1, 0.15) is 85.5 Å². The van der Waals surface area contributed by atoms with Crippen molar-refractivity contribution in [3.63, 3.8) is 0 Å². The highest BCUT2D eigenvalue weighted by Crippen LogP contribution is 2.09. The number of aliphatic carboxylic acids is 1. The molecule has 0 radical (unpaired) electrons. The molecule has 16 nitrogen and oxygen atoms in total. The molecule has 252 valence electrons. The summed E-state index contributed by atoms with van der Waals surface area (Å²) in [5.41, 5.74) is 16.4. The summed E-state index contributed by atoms with van der Waals surface area (Å²) in [6.45, 7) is 7.19. The standard InChI is InChI=1S/C28H52N8O8/c1-5-16(2)14-23(38)34-19(10-6-8-12-29)26(41)35-20(11-7-9-13-30)25(40)32-17(3)24(39)36-21(15-22(31)37)27(42)33-18(4)28(43)44/h16-21H,5-15,29-30H2,1-4H3,(H2,31,37)(H,32,40)(H,33,42)(H,34,38)(H,35,41)(H,36,39)(H,43,44)/t16-,17-,18-,19-,20-,21-/m0/s1. The fourth-order valence-electron chi connectivity index (χ4n) is 3.97. The fourth-order valence-corrected chi connectivity index (χ4v) is 3.97. The van der Waals surface area contributed by atoms with Crippen molar-refractivity contribution < 1.29 is 38.7 Å². The van der Waals surface area contributed by atoms with Crippen molar-refractivity contribution >= 4 is 41.4 Å². The van der Waals surface area contributed by atoms with Gasteiger partial charge in [0.25, 0.3) is 0 Å². The maximum Gasteiger partial charge on any atom is 0.325 e. The molecule has 44 heavy (non-hydrogen) atoms. The van der Waals surface area contributed by atoms with Crippen LogP contribution in [-0.4, -0.2) is 89.8 Å². The number of amides is 6. The Bertz CT molecular complexity index is 979. The zero-order valence-electron chi connectivity index (χ0n) is 26.3. The Morgan fingerprint density at radius 2 is 1.07 bits per heavy atom. The molecule has 0 aliphatic carbocycles. The van der Waals surface area contributed by atoms with E-state index in [2.05, 4.69) is 26.6 Å². The van der Waals surface area contributed by atoms with E-state index in [1.807, 2.05) is 13.8 Å². The van der Waals surface area contributed by atoms with Crippen LogP contribution in [0.3, 0.4) is 0 Å². The zero-order chi connectivity index (χ0) is 33.8.